The van der Waals surface area contributed by atoms with E-state index < -0.39 is 17.7 Å². The number of likely N-dealkylation sites (tertiary alicyclic amines) is 1. The first-order valence-electron chi connectivity index (χ1n) is 7.87. The minimum absolute atomic E-state index is 0.0235. The Kier molecular flexibility index (Phi) is 4.50. The van der Waals surface area contributed by atoms with Crippen molar-refractivity contribution in [1.82, 2.24) is 15.0 Å². The van der Waals surface area contributed by atoms with Crippen LogP contribution in [0.15, 0.2) is 4.52 Å². The van der Waals surface area contributed by atoms with Crippen molar-refractivity contribution >= 4 is 11.9 Å². The first-order chi connectivity index (χ1) is 10.5. The molecule has 1 aromatic heterocycles. The third-order valence-corrected chi connectivity index (χ3v) is 3.47. The topological polar surface area (TPSA) is 85.5 Å². The van der Waals surface area contributed by atoms with Crippen molar-refractivity contribution in [3.8, 4) is 0 Å². The fourth-order valence-corrected chi connectivity index (χ4v) is 2.36. The number of hydrogen-bond acceptors (Lipinski definition) is 6. The highest BCUT2D eigenvalue weighted by atomic mass is 16.6. The average molecular weight is 323 g/mol. The SMILES string of the molecule is CC(C)(C)OC(=O)N1CCC[C@H]1C(=O)c1noc(C(C)(C)C)n1. The van der Waals surface area contributed by atoms with Crippen LogP contribution in [-0.2, 0) is 10.2 Å². The Balaban J connectivity index is 2.15. The maximum absolute atomic E-state index is 12.6. The van der Waals surface area contributed by atoms with Gasteiger partial charge in [-0.25, -0.2) is 4.79 Å². The third kappa shape index (κ3) is 4.09. The summed E-state index contributed by atoms with van der Waals surface area (Å²) in [6.07, 6.45) is 0.852. The van der Waals surface area contributed by atoms with E-state index in [1.54, 1.807) is 20.8 Å². The minimum atomic E-state index is -0.598. The molecule has 2 rings (SSSR count). The Morgan fingerprint density at radius 1 is 1.22 bits per heavy atom. The van der Waals surface area contributed by atoms with Crippen LogP contribution in [-0.4, -0.2) is 45.1 Å². The Morgan fingerprint density at radius 2 is 1.87 bits per heavy atom. The summed E-state index contributed by atoms with van der Waals surface area (Å²) in [4.78, 5) is 30.5. The highest BCUT2D eigenvalue weighted by molar-refractivity contribution is 5.98. The van der Waals surface area contributed by atoms with E-state index in [9.17, 15) is 9.59 Å². The molecule has 1 atom stereocenters. The van der Waals surface area contributed by atoms with Gasteiger partial charge in [-0.1, -0.05) is 25.9 Å². The summed E-state index contributed by atoms with van der Waals surface area (Å²) in [5, 5.41) is 3.78. The molecule has 0 saturated carbocycles. The largest absolute Gasteiger partial charge is 0.444 e. The summed E-state index contributed by atoms with van der Waals surface area (Å²) in [6.45, 7) is 11.7. The number of amides is 1. The highest BCUT2D eigenvalue weighted by Crippen LogP contribution is 2.25. The second kappa shape index (κ2) is 5.94. The number of rotatable bonds is 2. The lowest BCUT2D eigenvalue weighted by atomic mass is 9.97. The number of ketones is 1. The van der Waals surface area contributed by atoms with Gasteiger partial charge in [-0.3, -0.25) is 9.69 Å². The van der Waals surface area contributed by atoms with E-state index in [1.807, 2.05) is 20.8 Å². The van der Waals surface area contributed by atoms with Crippen molar-refractivity contribution in [1.29, 1.82) is 0 Å². The Hall–Kier alpha value is -1.92. The molecule has 7 heteroatoms. The summed E-state index contributed by atoms with van der Waals surface area (Å²) in [7, 11) is 0. The van der Waals surface area contributed by atoms with Crippen molar-refractivity contribution < 1.29 is 18.8 Å². The monoisotopic (exact) mass is 323 g/mol. The van der Waals surface area contributed by atoms with Crippen molar-refractivity contribution in [3.05, 3.63) is 11.7 Å². The molecule has 0 radical (unpaired) electrons. The molecule has 0 N–H and O–H groups in total. The summed E-state index contributed by atoms with van der Waals surface area (Å²) in [5.41, 5.74) is -0.926. The molecule has 0 aromatic carbocycles. The van der Waals surface area contributed by atoms with Gasteiger partial charge in [0.05, 0.1) is 0 Å². The van der Waals surface area contributed by atoms with Gasteiger partial charge in [-0.2, -0.15) is 4.98 Å². The molecule has 1 amide bonds. The summed E-state index contributed by atoms with van der Waals surface area (Å²) < 4.78 is 10.5. The van der Waals surface area contributed by atoms with Crippen LogP contribution in [0.25, 0.3) is 0 Å². The number of carbonyl (C=O) groups excluding carboxylic acids is 2. The lowest BCUT2D eigenvalue weighted by Gasteiger charge is -2.27. The predicted molar refractivity (Wildman–Crippen MR) is 83.3 cm³/mol. The summed E-state index contributed by atoms with van der Waals surface area (Å²) in [6, 6.07) is -0.588. The van der Waals surface area contributed by atoms with Gasteiger partial charge in [0, 0.05) is 12.0 Å². The molecule has 0 bridgehead atoms. The average Bonchev–Trinajstić information content (AvgIpc) is 3.04. The van der Waals surface area contributed by atoms with E-state index in [2.05, 4.69) is 10.1 Å². The van der Waals surface area contributed by atoms with Gasteiger partial charge in [-0.05, 0) is 33.6 Å². The molecule has 0 aliphatic carbocycles. The lowest BCUT2D eigenvalue weighted by molar-refractivity contribution is 0.0221. The summed E-state index contributed by atoms with van der Waals surface area (Å²) in [5.74, 6) is 0.130. The van der Waals surface area contributed by atoms with Gasteiger partial charge in [0.1, 0.15) is 11.6 Å². The van der Waals surface area contributed by atoms with Crippen LogP contribution in [0.5, 0.6) is 0 Å². The number of carbonyl (C=O) groups is 2. The molecule has 7 nitrogen and oxygen atoms in total. The zero-order valence-electron chi connectivity index (χ0n) is 14.7. The molecular formula is C16H25N3O4. The van der Waals surface area contributed by atoms with Crippen LogP contribution in [0.3, 0.4) is 0 Å². The van der Waals surface area contributed by atoms with E-state index in [0.29, 0.717) is 18.9 Å². The van der Waals surface area contributed by atoms with Crippen LogP contribution >= 0.6 is 0 Å². The van der Waals surface area contributed by atoms with Gasteiger partial charge in [0.25, 0.3) is 0 Å². The van der Waals surface area contributed by atoms with Gasteiger partial charge in [-0.15, -0.1) is 0 Å². The molecule has 1 aromatic rings. The first kappa shape index (κ1) is 17.4. The molecule has 0 unspecified atom stereocenters. The molecule has 1 fully saturated rings. The number of ether oxygens (including phenoxy) is 1. The normalized spacial score (nSPS) is 19.0. The van der Waals surface area contributed by atoms with E-state index in [0.717, 1.165) is 6.42 Å². The minimum Gasteiger partial charge on any atom is -0.444 e. The Morgan fingerprint density at radius 3 is 2.39 bits per heavy atom. The van der Waals surface area contributed by atoms with E-state index in [4.69, 9.17) is 9.26 Å². The number of Topliss-reactive ketones (excluding diaryl/α,β-unsaturated/α-hetero) is 1. The van der Waals surface area contributed by atoms with Crippen molar-refractivity contribution in [2.75, 3.05) is 6.54 Å². The molecule has 23 heavy (non-hydrogen) atoms. The first-order valence-corrected chi connectivity index (χ1v) is 7.87. The fraction of sp³-hybridized carbons (Fsp3) is 0.750. The molecule has 1 aliphatic rings. The van der Waals surface area contributed by atoms with Crippen LogP contribution < -0.4 is 0 Å². The van der Waals surface area contributed by atoms with E-state index >= 15 is 0 Å². The van der Waals surface area contributed by atoms with E-state index in [-0.39, 0.29) is 17.0 Å². The van der Waals surface area contributed by atoms with Gasteiger partial charge in [0.2, 0.25) is 17.5 Å². The third-order valence-electron chi connectivity index (χ3n) is 3.47. The molecule has 2 heterocycles. The zero-order chi connectivity index (χ0) is 17.4. The van der Waals surface area contributed by atoms with Crippen LogP contribution in [0.2, 0.25) is 0 Å². The number of hydrogen-bond donors (Lipinski definition) is 0. The smallest absolute Gasteiger partial charge is 0.410 e. The van der Waals surface area contributed by atoms with Gasteiger partial charge >= 0.3 is 6.09 Å². The zero-order valence-corrected chi connectivity index (χ0v) is 14.7. The maximum atomic E-state index is 12.6. The van der Waals surface area contributed by atoms with Crippen molar-refractivity contribution in [2.45, 2.75) is 71.4 Å². The van der Waals surface area contributed by atoms with Crippen molar-refractivity contribution in [2.24, 2.45) is 0 Å². The van der Waals surface area contributed by atoms with Crippen LogP contribution in [0.4, 0.5) is 4.79 Å². The quantitative estimate of drug-likeness (QED) is 0.778. The maximum Gasteiger partial charge on any atom is 0.410 e. The fourth-order valence-electron chi connectivity index (χ4n) is 2.36. The lowest BCUT2D eigenvalue weighted by Crippen LogP contribution is -2.43. The van der Waals surface area contributed by atoms with Crippen LogP contribution in [0, 0.1) is 0 Å². The second-order valence-corrected chi connectivity index (χ2v) is 7.87. The molecule has 1 saturated heterocycles. The Labute approximate surface area is 136 Å². The standard InChI is InChI=1S/C16H25N3O4/c1-15(2,3)13-17-12(18-23-13)11(20)10-8-7-9-19(10)14(21)22-16(4,5)6/h10H,7-9H2,1-6H3/t10-/m0/s1. The Bertz CT molecular complexity index is 595. The molecule has 128 valence electrons. The molecule has 1 aliphatic heterocycles. The highest BCUT2D eigenvalue weighted by Gasteiger charge is 2.39. The van der Waals surface area contributed by atoms with Crippen LogP contribution in [0.1, 0.15) is 70.9 Å². The van der Waals surface area contributed by atoms with Crippen molar-refractivity contribution in [3.63, 3.8) is 0 Å². The van der Waals surface area contributed by atoms with Gasteiger partial charge in [0.15, 0.2) is 0 Å². The molecule has 0 spiro atoms. The van der Waals surface area contributed by atoms with E-state index in [1.165, 1.54) is 4.90 Å². The predicted octanol–water partition coefficient (Wildman–Crippen LogP) is 2.95. The number of nitrogens with zero attached hydrogens (tertiary/aromatic N) is 3. The van der Waals surface area contributed by atoms with Gasteiger partial charge < -0.3 is 9.26 Å². The molecular weight excluding hydrogens is 298 g/mol. The number of aromatic nitrogens is 2. The summed E-state index contributed by atoms with van der Waals surface area (Å²) >= 11 is 0. The second-order valence-electron chi connectivity index (χ2n) is 7.87.